The third kappa shape index (κ3) is 1.60. The van der Waals surface area contributed by atoms with Crippen molar-refractivity contribution in [3.63, 3.8) is 0 Å². The number of aliphatic hydroxyl groups excluding tert-OH is 1. The second-order valence-corrected chi connectivity index (χ2v) is 3.99. The summed E-state index contributed by atoms with van der Waals surface area (Å²) in [5, 5.41) is 9.24. The van der Waals surface area contributed by atoms with Crippen LogP contribution in [-0.2, 0) is 0 Å². The van der Waals surface area contributed by atoms with E-state index >= 15 is 0 Å². The zero-order valence-electron chi connectivity index (χ0n) is 7.56. The van der Waals surface area contributed by atoms with Gasteiger partial charge in [0.25, 0.3) is 5.92 Å². The lowest BCUT2D eigenvalue weighted by atomic mass is 9.76. The van der Waals surface area contributed by atoms with E-state index in [4.69, 9.17) is 0 Å². The van der Waals surface area contributed by atoms with Gasteiger partial charge in [0.2, 0.25) is 0 Å². The molecule has 1 atom stereocenters. The molecule has 1 aliphatic carbocycles. The molecule has 1 rings (SSSR count). The van der Waals surface area contributed by atoms with Crippen molar-refractivity contribution in [2.45, 2.75) is 45.1 Å². The predicted molar refractivity (Wildman–Crippen MR) is 43.1 cm³/mol. The first-order valence-electron chi connectivity index (χ1n) is 4.52. The first-order chi connectivity index (χ1) is 5.46. The summed E-state index contributed by atoms with van der Waals surface area (Å²) in [6.45, 7) is 3.24. The molecule has 0 saturated heterocycles. The molecule has 0 aromatic carbocycles. The molecule has 0 radical (unpaired) electrons. The molecule has 0 spiro atoms. The molecule has 3 heteroatoms. The zero-order valence-corrected chi connectivity index (χ0v) is 7.56. The summed E-state index contributed by atoms with van der Waals surface area (Å²) in [6.07, 6.45) is 0.543. The lowest BCUT2D eigenvalue weighted by Crippen LogP contribution is -2.46. The summed E-state index contributed by atoms with van der Waals surface area (Å²) in [5.74, 6) is -3.80. The normalized spacial score (nSPS) is 22.5. The minimum absolute atomic E-state index is 0.361. The van der Waals surface area contributed by atoms with E-state index in [9.17, 15) is 13.9 Å². The van der Waals surface area contributed by atoms with Crippen molar-refractivity contribution in [3.8, 4) is 0 Å². The van der Waals surface area contributed by atoms with Gasteiger partial charge in [-0.25, -0.2) is 8.78 Å². The van der Waals surface area contributed by atoms with Crippen molar-refractivity contribution < 1.29 is 13.9 Å². The molecule has 1 nitrogen and oxygen atoms in total. The van der Waals surface area contributed by atoms with Crippen molar-refractivity contribution in [3.05, 3.63) is 0 Å². The maximum atomic E-state index is 13.3. The lowest BCUT2D eigenvalue weighted by Gasteiger charge is -2.37. The van der Waals surface area contributed by atoms with E-state index in [1.807, 2.05) is 0 Å². The van der Waals surface area contributed by atoms with Crippen LogP contribution in [0.1, 0.15) is 33.1 Å². The number of rotatable bonds is 3. The Morgan fingerprint density at radius 2 is 1.83 bits per heavy atom. The molecule has 72 valence electrons. The van der Waals surface area contributed by atoms with Crippen molar-refractivity contribution in [2.75, 3.05) is 0 Å². The number of alkyl halides is 2. The van der Waals surface area contributed by atoms with Gasteiger partial charge in [0, 0.05) is 5.92 Å². The summed E-state index contributed by atoms with van der Waals surface area (Å²) < 4.78 is 26.5. The van der Waals surface area contributed by atoms with Gasteiger partial charge in [0.05, 0.1) is 0 Å². The second kappa shape index (κ2) is 3.29. The highest BCUT2D eigenvalue weighted by molar-refractivity contribution is 4.90. The van der Waals surface area contributed by atoms with E-state index in [2.05, 4.69) is 0 Å². The average molecular weight is 178 g/mol. The maximum Gasteiger partial charge on any atom is 0.276 e. The van der Waals surface area contributed by atoms with E-state index in [-0.39, 0.29) is 5.92 Å². The zero-order chi connectivity index (χ0) is 9.35. The van der Waals surface area contributed by atoms with Gasteiger partial charge in [-0.05, 0) is 18.8 Å². The Labute approximate surface area is 71.8 Å². The third-order valence-electron chi connectivity index (χ3n) is 2.68. The summed E-state index contributed by atoms with van der Waals surface area (Å²) in [5.41, 5.74) is 0. The molecule has 1 unspecified atom stereocenters. The molecule has 0 aliphatic heterocycles. The van der Waals surface area contributed by atoms with E-state index in [0.717, 1.165) is 6.42 Å². The van der Waals surface area contributed by atoms with Crippen molar-refractivity contribution >= 4 is 0 Å². The molecular weight excluding hydrogens is 162 g/mol. The number of hydrogen-bond acceptors (Lipinski definition) is 1. The fourth-order valence-electron chi connectivity index (χ4n) is 1.48. The maximum absolute atomic E-state index is 13.3. The van der Waals surface area contributed by atoms with Crippen molar-refractivity contribution in [2.24, 2.45) is 11.8 Å². The molecule has 0 aromatic rings. The van der Waals surface area contributed by atoms with Gasteiger partial charge in [-0.3, -0.25) is 0 Å². The Morgan fingerprint density at radius 3 is 2.08 bits per heavy atom. The first kappa shape index (κ1) is 9.90. The summed E-state index contributed by atoms with van der Waals surface area (Å²) in [4.78, 5) is 0. The van der Waals surface area contributed by atoms with Gasteiger partial charge in [0.1, 0.15) is 6.10 Å². The van der Waals surface area contributed by atoms with Crippen molar-refractivity contribution in [1.29, 1.82) is 0 Å². The Bertz CT molecular complexity index is 153. The van der Waals surface area contributed by atoms with E-state index in [1.54, 1.807) is 13.8 Å². The van der Waals surface area contributed by atoms with Crippen LogP contribution in [0.15, 0.2) is 0 Å². The number of hydrogen-bond donors (Lipinski definition) is 1. The molecule has 1 saturated carbocycles. The first-order valence-corrected chi connectivity index (χ1v) is 4.52. The highest BCUT2D eigenvalue weighted by Gasteiger charge is 2.49. The van der Waals surface area contributed by atoms with Gasteiger partial charge in [-0.15, -0.1) is 0 Å². The Morgan fingerprint density at radius 1 is 1.33 bits per heavy atom. The minimum atomic E-state index is -2.87. The van der Waals surface area contributed by atoms with Crippen LogP contribution in [0.3, 0.4) is 0 Å². The van der Waals surface area contributed by atoms with E-state index in [0.29, 0.717) is 12.8 Å². The predicted octanol–water partition coefficient (Wildman–Crippen LogP) is 2.44. The van der Waals surface area contributed by atoms with Crippen LogP contribution < -0.4 is 0 Å². The third-order valence-corrected chi connectivity index (χ3v) is 2.68. The monoisotopic (exact) mass is 178 g/mol. The Kier molecular flexibility index (Phi) is 2.71. The van der Waals surface area contributed by atoms with Crippen LogP contribution >= 0.6 is 0 Å². The van der Waals surface area contributed by atoms with E-state index in [1.165, 1.54) is 0 Å². The van der Waals surface area contributed by atoms with Crippen LogP contribution in [-0.4, -0.2) is 17.1 Å². The van der Waals surface area contributed by atoms with Crippen LogP contribution in [0.4, 0.5) is 8.78 Å². The Hall–Kier alpha value is -0.180. The minimum Gasteiger partial charge on any atom is -0.387 e. The number of halogens is 2. The summed E-state index contributed by atoms with van der Waals surface area (Å²) in [6, 6.07) is 0. The Balaban J connectivity index is 2.56. The fraction of sp³-hybridized carbons (Fsp3) is 1.00. The molecule has 0 heterocycles. The summed E-state index contributed by atoms with van der Waals surface area (Å²) >= 11 is 0. The summed E-state index contributed by atoms with van der Waals surface area (Å²) in [7, 11) is 0. The van der Waals surface area contributed by atoms with Gasteiger partial charge in [-0.2, -0.15) is 0 Å². The highest BCUT2D eigenvalue weighted by Crippen LogP contribution is 2.43. The van der Waals surface area contributed by atoms with Gasteiger partial charge >= 0.3 is 0 Å². The van der Waals surface area contributed by atoms with Crippen LogP contribution in [0, 0.1) is 11.8 Å². The fourth-order valence-corrected chi connectivity index (χ4v) is 1.48. The number of aliphatic hydroxyl groups is 1. The molecule has 1 fully saturated rings. The van der Waals surface area contributed by atoms with Gasteiger partial charge < -0.3 is 5.11 Å². The molecule has 0 bridgehead atoms. The van der Waals surface area contributed by atoms with Crippen molar-refractivity contribution in [1.82, 2.24) is 0 Å². The molecule has 12 heavy (non-hydrogen) atoms. The average Bonchev–Trinajstić information content (AvgIpc) is 1.80. The quantitative estimate of drug-likeness (QED) is 0.703. The SMILES string of the molecule is CC(C)C(O)C(F)(F)C1CCC1. The molecule has 1 aliphatic rings. The smallest absolute Gasteiger partial charge is 0.276 e. The van der Waals surface area contributed by atoms with Crippen LogP contribution in [0.5, 0.6) is 0 Å². The lowest BCUT2D eigenvalue weighted by molar-refractivity contribution is -0.179. The van der Waals surface area contributed by atoms with E-state index < -0.39 is 17.9 Å². The van der Waals surface area contributed by atoms with Gasteiger partial charge in [-0.1, -0.05) is 20.3 Å². The molecule has 0 aromatic heterocycles. The molecule has 1 N–H and O–H groups in total. The van der Waals surface area contributed by atoms with Crippen LogP contribution in [0.25, 0.3) is 0 Å². The molecule has 0 amide bonds. The van der Waals surface area contributed by atoms with Crippen LogP contribution in [0.2, 0.25) is 0 Å². The topological polar surface area (TPSA) is 20.2 Å². The largest absolute Gasteiger partial charge is 0.387 e. The molecular formula is C9H16F2O. The second-order valence-electron chi connectivity index (χ2n) is 3.99. The van der Waals surface area contributed by atoms with Gasteiger partial charge in [0.15, 0.2) is 0 Å². The highest BCUT2D eigenvalue weighted by atomic mass is 19.3. The standard InChI is InChI=1S/C9H16F2O/c1-6(2)8(12)9(10,11)7-4-3-5-7/h6-8,12H,3-5H2,1-2H3.